The standard InChI is InChI=1S/C14H23N3/c1-10-7-14(17(2)16-10)8-11-3-4-12(11)9-15-13-5-6-13/h7,11-13,15H,3-6,8-9H2,1-2H3. The minimum atomic E-state index is 0.857. The van der Waals surface area contributed by atoms with Gasteiger partial charge in [0.2, 0.25) is 0 Å². The van der Waals surface area contributed by atoms with Crippen LogP contribution in [0.25, 0.3) is 0 Å². The van der Waals surface area contributed by atoms with E-state index in [-0.39, 0.29) is 0 Å². The van der Waals surface area contributed by atoms with E-state index in [1.165, 1.54) is 44.3 Å². The second-order valence-corrected chi connectivity index (χ2v) is 5.88. The minimum Gasteiger partial charge on any atom is -0.314 e. The van der Waals surface area contributed by atoms with Gasteiger partial charge in [-0.05, 0) is 63.5 Å². The Morgan fingerprint density at radius 1 is 1.29 bits per heavy atom. The van der Waals surface area contributed by atoms with E-state index >= 15 is 0 Å². The van der Waals surface area contributed by atoms with Crippen LogP contribution in [0.3, 0.4) is 0 Å². The summed E-state index contributed by atoms with van der Waals surface area (Å²) in [6.07, 6.45) is 6.84. The molecule has 94 valence electrons. The van der Waals surface area contributed by atoms with Gasteiger partial charge < -0.3 is 5.32 Å². The van der Waals surface area contributed by atoms with Crippen molar-refractivity contribution >= 4 is 0 Å². The van der Waals surface area contributed by atoms with E-state index < -0.39 is 0 Å². The van der Waals surface area contributed by atoms with E-state index in [1.807, 2.05) is 0 Å². The van der Waals surface area contributed by atoms with Gasteiger partial charge >= 0.3 is 0 Å². The van der Waals surface area contributed by atoms with Gasteiger partial charge in [0.05, 0.1) is 5.69 Å². The Morgan fingerprint density at radius 3 is 2.59 bits per heavy atom. The molecule has 2 atom stereocenters. The molecule has 0 aromatic carbocycles. The van der Waals surface area contributed by atoms with E-state index in [1.54, 1.807) is 0 Å². The first-order valence-electron chi connectivity index (χ1n) is 6.95. The smallest absolute Gasteiger partial charge is 0.0596 e. The second kappa shape index (κ2) is 4.45. The Bertz CT molecular complexity index is 392. The van der Waals surface area contributed by atoms with Crippen molar-refractivity contribution in [1.82, 2.24) is 15.1 Å². The van der Waals surface area contributed by atoms with Crippen molar-refractivity contribution in [2.45, 2.75) is 45.1 Å². The van der Waals surface area contributed by atoms with Crippen LogP contribution in [0, 0.1) is 18.8 Å². The molecule has 2 aliphatic carbocycles. The molecule has 3 nitrogen and oxygen atoms in total. The summed E-state index contributed by atoms with van der Waals surface area (Å²) >= 11 is 0. The Kier molecular flexibility index (Phi) is 2.95. The van der Waals surface area contributed by atoms with Gasteiger partial charge in [0.15, 0.2) is 0 Å². The summed E-state index contributed by atoms with van der Waals surface area (Å²) in [7, 11) is 2.07. The van der Waals surface area contributed by atoms with Crippen molar-refractivity contribution < 1.29 is 0 Å². The highest BCUT2D eigenvalue weighted by Crippen LogP contribution is 2.37. The van der Waals surface area contributed by atoms with Crippen LogP contribution in [0.2, 0.25) is 0 Å². The van der Waals surface area contributed by atoms with Crippen LogP contribution >= 0.6 is 0 Å². The van der Waals surface area contributed by atoms with Crippen molar-refractivity contribution in [3.05, 3.63) is 17.5 Å². The van der Waals surface area contributed by atoms with Crippen LogP contribution in [0.5, 0.6) is 0 Å². The first-order valence-corrected chi connectivity index (χ1v) is 6.95. The normalized spacial score (nSPS) is 28.1. The Labute approximate surface area is 104 Å². The third-order valence-electron chi connectivity index (χ3n) is 4.39. The number of nitrogens with zero attached hydrogens (tertiary/aromatic N) is 2. The lowest BCUT2D eigenvalue weighted by Gasteiger charge is -2.37. The maximum absolute atomic E-state index is 4.43. The minimum absolute atomic E-state index is 0.857. The average Bonchev–Trinajstić information content (AvgIpc) is 3.01. The number of aryl methyl sites for hydroxylation is 2. The van der Waals surface area contributed by atoms with Crippen LogP contribution in [-0.4, -0.2) is 22.4 Å². The van der Waals surface area contributed by atoms with Gasteiger partial charge in [-0.1, -0.05) is 0 Å². The fourth-order valence-electron chi connectivity index (χ4n) is 2.90. The SMILES string of the molecule is Cc1cc(CC2CCC2CNC2CC2)n(C)n1. The molecule has 0 saturated heterocycles. The molecule has 1 aromatic rings. The largest absolute Gasteiger partial charge is 0.314 e. The lowest BCUT2D eigenvalue weighted by Crippen LogP contribution is -2.37. The molecule has 0 bridgehead atoms. The molecule has 3 rings (SSSR count). The molecular weight excluding hydrogens is 210 g/mol. The van der Waals surface area contributed by atoms with Crippen LogP contribution in [-0.2, 0) is 13.5 Å². The molecule has 2 unspecified atom stereocenters. The van der Waals surface area contributed by atoms with Crippen molar-refractivity contribution in [2.75, 3.05) is 6.54 Å². The molecule has 0 aliphatic heterocycles. The summed E-state index contributed by atoms with van der Waals surface area (Å²) in [6, 6.07) is 3.10. The maximum atomic E-state index is 4.43. The quantitative estimate of drug-likeness (QED) is 0.843. The number of nitrogens with one attached hydrogen (secondary N) is 1. The maximum Gasteiger partial charge on any atom is 0.0596 e. The van der Waals surface area contributed by atoms with E-state index in [2.05, 4.69) is 35.1 Å². The molecule has 1 aromatic heterocycles. The Morgan fingerprint density at radius 2 is 2.06 bits per heavy atom. The van der Waals surface area contributed by atoms with Crippen LogP contribution in [0.15, 0.2) is 6.07 Å². The molecule has 2 aliphatic rings. The highest BCUT2D eigenvalue weighted by atomic mass is 15.3. The van der Waals surface area contributed by atoms with Crippen molar-refractivity contribution in [2.24, 2.45) is 18.9 Å². The van der Waals surface area contributed by atoms with Crippen LogP contribution < -0.4 is 5.32 Å². The van der Waals surface area contributed by atoms with Crippen molar-refractivity contribution in [3.63, 3.8) is 0 Å². The molecule has 1 heterocycles. The van der Waals surface area contributed by atoms with E-state index in [9.17, 15) is 0 Å². The summed E-state index contributed by atoms with van der Waals surface area (Å²) in [5, 5.41) is 8.10. The molecule has 17 heavy (non-hydrogen) atoms. The third-order valence-corrected chi connectivity index (χ3v) is 4.39. The molecular formula is C14H23N3. The van der Waals surface area contributed by atoms with Gasteiger partial charge in [-0.2, -0.15) is 5.10 Å². The molecule has 0 amide bonds. The van der Waals surface area contributed by atoms with Gasteiger partial charge in [-0.3, -0.25) is 4.68 Å². The summed E-state index contributed by atoms with van der Waals surface area (Å²) in [5.74, 6) is 1.79. The first kappa shape index (κ1) is 11.3. The lowest BCUT2D eigenvalue weighted by atomic mass is 9.71. The first-order chi connectivity index (χ1) is 8.22. The molecule has 3 heteroatoms. The van der Waals surface area contributed by atoms with Crippen molar-refractivity contribution in [3.8, 4) is 0 Å². The number of hydrogen-bond acceptors (Lipinski definition) is 2. The van der Waals surface area contributed by atoms with Gasteiger partial charge in [0.1, 0.15) is 0 Å². The van der Waals surface area contributed by atoms with Gasteiger partial charge in [-0.25, -0.2) is 0 Å². The Hall–Kier alpha value is -0.830. The summed E-state index contributed by atoms with van der Waals surface area (Å²) in [4.78, 5) is 0. The van der Waals surface area contributed by atoms with E-state index in [0.29, 0.717) is 0 Å². The van der Waals surface area contributed by atoms with E-state index in [4.69, 9.17) is 0 Å². The zero-order chi connectivity index (χ0) is 11.8. The summed E-state index contributed by atoms with van der Waals surface area (Å²) in [6.45, 7) is 3.32. The molecule has 1 N–H and O–H groups in total. The highest BCUT2D eigenvalue weighted by molar-refractivity contribution is 5.10. The highest BCUT2D eigenvalue weighted by Gasteiger charge is 2.32. The van der Waals surface area contributed by atoms with Gasteiger partial charge in [0.25, 0.3) is 0 Å². The van der Waals surface area contributed by atoms with Crippen molar-refractivity contribution in [1.29, 1.82) is 0 Å². The molecule has 2 saturated carbocycles. The van der Waals surface area contributed by atoms with E-state index in [0.717, 1.165) is 23.6 Å². The number of rotatable bonds is 5. The summed E-state index contributed by atoms with van der Waals surface area (Å²) < 4.78 is 2.05. The Balaban J connectivity index is 1.52. The zero-order valence-corrected chi connectivity index (χ0v) is 10.9. The lowest BCUT2D eigenvalue weighted by molar-refractivity contribution is 0.168. The fourth-order valence-corrected chi connectivity index (χ4v) is 2.90. The monoisotopic (exact) mass is 233 g/mol. The van der Waals surface area contributed by atoms with Crippen LogP contribution in [0.4, 0.5) is 0 Å². The predicted molar refractivity (Wildman–Crippen MR) is 68.9 cm³/mol. The predicted octanol–water partition coefficient (Wildman–Crippen LogP) is 2.05. The topological polar surface area (TPSA) is 29.9 Å². The zero-order valence-electron chi connectivity index (χ0n) is 10.9. The molecule has 0 spiro atoms. The second-order valence-electron chi connectivity index (χ2n) is 5.88. The molecule has 0 radical (unpaired) electrons. The fraction of sp³-hybridized carbons (Fsp3) is 0.786. The summed E-state index contributed by atoms with van der Waals surface area (Å²) in [5.41, 5.74) is 2.55. The third kappa shape index (κ3) is 2.54. The average molecular weight is 233 g/mol. The molecule has 2 fully saturated rings. The number of aromatic nitrogens is 2. The van der Waals surface area contributed by atoms with Gasteiger partial charge in [-0.15, -0.1) is 0 Å². The van der Waals surface area contributed by atoms with Crippen LogP contribution in [0.1, 0.15) is 37.1 Å². The van der Waals surface area contributed by atoms with Gasteiger partial charge in [0, 0.05) is 18.8 Å². The number of hydrogen-bond donors (Lipinski definition) is 1.